The summed E-state index contributed by atoms with van der Waals surface area (Å²) in [6, 6.07) is 8.10. The van der Waals surface area contributed by atoms with Crippen LogP contribution in [0.3, 0.4) is 0 Å². The molecule has 2 atom stereocenters. The van der Waals surface area contributed by atoms with Crippen LogP contribution in [0.4, 0.5) is 5.69 Å². The highest BCUT2D eigenvalue weighted by Gasteiger charge is 2.26. The van der Waals surface area contributed by atoms with E-state index in [9.17, 15) is 9.59 Å². The standard InChI is InChI=1S/C17H23N3O2/c21-16(19-14-5-3-9-18-11-14)8-7-13-10-12-4-1-2-6-15(12)20-17(13)22/h1-2,4,6,13-14,18H,3,5,7-11H2,(H,19,21)(H,20,22). The van der Waals surface area contributed by atoms with Gasteiger partial charge in [0.15, 0.2) is 0 Å². The molecule has 0 bridgehead atoms. The first-order chi connectivity index (χ1) is 10.7. The Morgan fingerprint density at radius 1 is 1.32 bits per heavy atom. The molecule has 3 N–H and O–H groups in total. The topological polar surface area (TPSA) is 70.2 Å². The molecule has 5 heteroatoms. The van der Waals surface area contributed by atoms with E-state index in [0.717, 1.165) is 43.6 Å². The number of anilines is 1. The lowest BCUT2D eigenvalue weighted by Gasteiger charge is -2.26. The minimum absolute atomic E-state index is 0.0332. The Morgan fingerprint density at radius 2 is 2.18 bits per heavy atom. The van der Waals surface area contributed by atoms with Crippen molar-refractivity contribution in [3.63, 3.8) is 0 Å². The fourth-order valence-electron chi connectivity index (χ4n) is 3.23. The minimum Gasteiger partial charge on any atom is -0.352 e. The van der Waals surface area contributed by atoms with Gasteiger partial charge in [-0.2, -0.15) is 0 Å². The van der Waals surface area contributed by atoms with E-state index in [1.807, 2.05) is 24.3 Å². The van der Waals surface area contributed by atoms with Crippen LogP contribution in [0.1, 0.15) is 31.2 Å². The molecule has 2 aliphatic heterocycles. The molecule has 0 saturated carbocycles. The van der Waals surface area contributed by atoms with Gasteiger partial charge in [-0.1, -0.05) is 18.2 Å². The van der Waals surface area contributed by atoms with Crippen LogP contribution in [0.5, 0.6) is 0 Å². The van der Waals surface area contributed by atoms with E-state index in [-0.39, 0.29) is 23.8 Å². The number of hydrogen-bond acceptors (Lipinski definition) is 3. The second-order valence-electron chi connectivity index (χ2n) is 6.20. The van der Waals surface area contributed by atoms with E-state index in [2.05, 4.69) is 16.0 Å². The Hall–Kier alpha value is -1.88. The van der Waals surface area contributed by atoms with Gasteiger partial charge in [0.1, 0.15) is 0 Å². The van der Waals surface area contributed by atoms with Crippen LogP contribution < -0.4 is 16.0 Å². The van der Waals surface area contributed by atoms with Gasteiger partial charge in [0.05, 0.1) is 0 Å². The van der Waals surface area contributed by atoms with Crippen molar-refractivity contribution >= 4 is 17.5 Å². The average molecular weight is 301 g/mol. The van der Waals surface area contributed by atoms with Gasteiger partial charge in [0.2, 0.25) is 11.8 Å². The van der Waals surface area contributed by atoms with Gasteiger partial charge in [-0.25, -0.2) is 0 Å². The lowest BCUT2D eigenvalue weighted by Crippen LogP contribution is -2.45. The predicted octanol–water partition coefficient (Wildman–Crippen LogP) is 1.45. The van der Waals surface area contributed by atoms with E-state index < -0.39 is 0 Å². The molecule has 0 aromatic heterocycles. The molecule has 1 aromatic rings. The number of carbonyl (C=O) groups is 2. The fourth-order valence-corrected chi connectivity index (χ4v) is 3.23. The Labute approximate surface area is 130 Å². The van der Waals surface area contributed by atoms with Crippen LogP contribution in [-0.2, 0) is 16.0 Å². The second-order valence-corrected chi connectivity index (χ2v) is 6.20. The zero-order valence-corrected chi connectivity index (χ0v) is 12.7. The third kappa shape index (κ3) is 3.65. The van der Waals surface area contributed by atoms with Gasteiger partial charge < -0.3 is 16.0 Å². The Bertz CT molecular complexity index is 553. The van der Waals surface area contributed by atoms with E-state index in [1.54, 1.807) is 0 Å². The molecule has 0 spiro atoms. The molecule has 2 aliphatic rings. The minimum atomic E-state index is -0.106. The van der Waals surface area contributed by atoms with Crippen LogP contribution in [0.2, 0.25) is 0 Å². The lowest BCUT2D eigenvalue weighted by atomic mass is 9.89. The number of rotatable bonds is 4. The van der Waals surface area contributed by atoms with Gasteiger partial charge in [-0.15, -0.1) is 0 Å². The summed E-state index contributed by atoms with van der Waals surface area (Å²) in [4.78, 5) is 24.1. The monoisotopic (exact) mass is 301 g/mol. The molecule has 0 aliphatic carbocycles. The van der Waals surface area contributed by atoms with Crippen molar-refractivity contribution in [3.05, 3.63) is 29.8 Å². The molecule has 5 nitrogen and oxygen atoms in total. The summed E-state index contributed by atoms with van der Waals surface area (Å²) in [6.45, 7) is 1.89. The van der Waals surface area contributed by atoms with Crippen molar-refractivity contribution in [3.8, 4) is 0 Å². The van der Waals surface area contributed by atoms with Crippen molar-refractivity contribution in [2.75, 3.05) is 18.4 Å². The zero-order chi connectivity index (χ0) is 15.4. The molecular weight excluding hydrogens is 278 g/mol. The van der Waals surface area contributed by atoms with Gasteiger partial charge in [-0.3, -0.25) is 9.59 Å². The third-order valence-electron chi connectivity index (χ3n) is 4.49. The zero-order valence-electron chi connectivity index (χ0n) is 12.7. The molecule has 3 rings (SSSR count). The van der Waals surface area contributed by atoms with E-state index in [0.29, 0.717) is 12.8 Å². The van der Waals surface area contributed by atoms with Gasteiger partial charge in [0, 0.05) is 30.6 Å². The molecule has 1 saturated heterocycles. The van der Waals surface area contributed by atoms with Crippen molar-refractivity contribution in [2.45, 2.75) is 38.1 Å². The highest BCUT2D eigenvalue weighted by Crippen LogP contribution is 2.27. The Kier molecular flexibility index (Phi) is 4.73. The molecule has 2 amide bonds. The highest BCUT2D eigenvalue weighted by atomic mass is 16.2. The van der Waals surface area contributed by atoms with Gasteiger partial charge in [-0.05, 0) is 43.9 Å². The van der Waals surface area contributed by atoms with Crippen molar-refractivity contribution in [2.24, 2.45) is 5.92 Å². The van der Waals surface area contributed by atoms with Crippen molar-refractivity contribution in [1.82, 2.24) is 10.6 Å². The normalized spacial score (nSPS) is 24.3. The molecule has 1 aromatic carbocycles. The van der Waals surface area contributed by atoms with Crippen LogP contribution in [0.25, 0.3) is 0 Å². The van der Waals surface area contributed by atoms with E-state index in [4.69, 9.17) is 0 Å². The molecule has 0 radical (unpaired) electrons. The Morgan fingerprint density at radius 3 is 3.00 bits per heavy atom. The Balaban J connectivity index is 1.49. The summed E-state index contributed by atoms with van der Waals surface area (Å²) in [5.74, 6) is -0.0173. The first-order valence-corrected chi connectivity index (χ1v) is 8.11. The molecule has 2 unspecified atom stereocenters. The molecule has 22 heavy (non-hydrogen) atoms. The number of amides is 2. The maximum atomic E-state index is 12.1. The maximum absolute atomic E-state index is 12.1. The first kappa shape index (κ1) is 15.0. The first-order valence-electron chi connectivity index (χ1n) is 8.11. The number of hydrogen-bond donors (Lipinski definition) is 3. The number of carbonyl (C=O) groups excluding carboxylic acids is 2. The van der Waals surface area contributed by atoms with Crippen molar-refractivity contribution < 1.29 is 9.59 Å². The summed E-state index contributed by atoms with van der Waals surface area (Å²) < 4.78 is 0. The predicted molar refractivity (Wildman–Crippen MR) is 85.5 cm³/mol. The fraction of sp³-hybridized carbons (Fsp3) is 0.529. The summed E-state index contributed by atoms with van der Waals surface area (Å²) in [5.41, 5.74) is 2.06. The summed E-state index contributed by atoms with van der Waals surface area (Å²) in [6.07, 6.45) is 3.88. The number of fused-ring (bicyclic) bond motifs is 1. The number of para-hydroxylation sites is 1. The van der Waals surface area contributed by atoms with E-state index >= 15 is 0 Å². The van der Waals surface area contributed by atoms with Gasteiger partial charge in [0.25, 0.3) is 0 Å². The van der Waals surface area contributed by atoms with Crippen LogP contribution in [-0.4, -0.2) is 30.9 Å². The van der Waals surface area contributed by atoms with Gasteiger partial charge >= 0.3 is 0 Å². The SMILES string of the molecule is O=C(CCC1Cc2ccccc2NC1=O)NC1CCCNC1. The van der Waals surface area contributed by atoms with E-state index in [1.165, 1.54) is 0 Å². The summed E-state index contributed by atoms with van der Waals surface area (Å²) in [5, 5.41) is 9.28. The van der Waals surface area contributed by atoms with Crippen LogP contribution in [0, 0.1) is 5.92 Å². The lowest BCUT2D eigenvalue weighted by molar-refractivity contribution is -0.123. The number of benzene rings is 1. The molecular formula is C17H23N3O2. The van der Waals surface area contributed by atoms with Crippen molar-refractivity contribution in [1.29, 1.82) is 0 Å². The molecule has 1 fully saturated rings. The quantitative estimate of drug-likeness (QED) is 0.788. The summed E-state index contributed by atoms with van der Waals surface area (Å²) in [7, 11) is 0. The smallest absolute Gasteiger partial charge is 0.227 e. The summed E-state index contributed by atoms with van der Waals surface area (Å²) >= 11 is 0. The van der Waals surface area contributed by atoms with Crippen LogP contribution >= 0.6 is 0 Å². The maximum Gasteiger partial charge on any atom is 0.227 e. The third-order valence-corrected chi connectivity index (χ3v) is 4.49. The second kappa shape index (κ2) is 6.92. The van der Waals surface area contributed by atoms with Crippen LogP contribution in [0.15, 0.2) is 24.3 Å². The highest BCUT2D eigenvalue weighted by molar-refractivity contribution is 5.96. The number of nitrogens with one attached hydrogen (secondary N) is 3. The molecule has 2 heterocycles. The largest absolute Gasteiger partial charge is 0.352 e. The average Bonchev–Trinajstić information content (AvgIpc) is 2.54. The number of piperidine rings is 1. The molecule has 118 valence electrons.